The fourth-order valence-corrected chi connectivity index (χ4v) is 2.45. The molecule has 0 spiro atoms. The van der Waals surface area contributed by atoms with E-state index in [2.05, 4.69) is 5.32 Å². The number of nitrogens with one attached hydrogen (secondary N) is 1. The zero-order chi connectivity index (χ0) is 13.7. The largest absolute Gasteiger partial charge is 0.491 e. The van der Waals surface area contributed by atoms with Gasteiger partial charge in [-0.25, -0.2) is 0 Å². The minimum absolute atomic E-state index is 0.0504. The van der Waals surface area contributed by atoms with Crippen molar-refractivity contribution in [3.05, 3.63) is 29.8 Å². The molecule has 2 rings (SSSR count). The molecule has 3 nitrogen and oxygen atoms in total. The van der Waals surface area contributed by atoms with Crippen LogP contribution in [0.15, 0.2) is 24.3 Å². The zero-order valence-electron chi connectivity index (χ0n) is 11.8. The third-order valence-corrected chi connectivity index (χ3v) is 3.64. The molecule has 1 unspecified atom stereocenters. The van der Waals surface area contributed by atoms with Crippen molar-refractivity contribution in [1.82, 2.24) is 5.32 Å². The first-order valence-corrected chi connectivity index (χ1v) is 7.15. The van der Waals surface area contributed by atoms with Crippen molar-refractivity contribution in [1.29, 1.82) is 0 Å². The highest BCUT2D eigenvalue weighted by Gasteiger charge is 2.23. The van der Waals surface area contributed by atoms with Crippen LogP contribution in [0.3, 0.4) is 0 Å². The van der Waals surface area contributed by atoms with Gasteiger partial charge in [0.15, 0.2) is 0 Å². The van der Waals surface area contributed by atoms with Gasteiger partial charge in [-0.15, -0.1) is 0 Å². The Morgan fingerprint density at radius 3 is 2.58 bits per heavy atom. The molecule has 0 heterocycles. The summed E-state index contributed by atoms with van der Waals surface area (Å²) >= 11 is 0. The Balaban J connectivity index is 1.73. The standard InChI is InChI=1S/C16H23NO2/c1-12-7-9-15(10-8-12)19-11-13(2)17-16(18)14-5-3-4-6-14/h7-10,13-14H,3-6,11H2,1-2H3,(H,17,18). The maximum Gasteiger partial charge on any atom is 0.223 e. The molecule has 0 bridgehead atoms. The first kappa shape index (κ1) is 13.9. The molecule has 1 saturated carbocycles. The van der Waals surface area contributed by atoms with E-state index >= 15 is 0 Å². The van der Waals surface area contributed by atoms with Gasteiger partial charge in [0.1, 0.15) is 12.4 Å². The molecule has 19 heavy (non-hydrogen) atoms. The van der Waals surface area contributed by atoms with Gasteiger partial charge in [-0.1, -0.05) is 30.5 Å². The highest BCUT2D eigenvalue weighted by Crippen LogP contribution is 2.24. The van der Waals surface area contributed by atoms with Gasteiger partial charge in [-0.3, -0.25) is 4.79 Å². The summed E-state index contributed by atoms with van der Waals surface area (Å²) < 4.78 is 5.67. The van der Waals surface area contributed by atoms with E-state index < -0.39 is 0 Å². The number of carbonyl (C=O) groups excluding carboxylic acids is 1. The lowest BCUT2D eigenvalue weighted by molar-refractivity contribution is -0.125. The summed E-state index contributed by atoms with van der Waals surface area (Å²) in [5.41, 5.74) is 1.22. The SMILES string of the molecule is Cc1ccc(OCC(C)NC(=O)C2CCCC2)cc1. The molecule has 104 valence electrons. The molecule has 1 fully saturated rings. The van der Waals surface area contributed by atoms with Crippen molar-refractivity contribution in [2.75, 3.05) is 6.61 Å². The van der Waals surface area contributed by atoms with E-state index in [4.69, 9.17) is 4.74 Å². The van der Waals surface area contributed by atoms with Gasteiger partial charge in [0, 0.05) is 5.92 Å². The fourth-order valence-electron chi connectivity index (χ4n) is 2.45. The van der Waals surface area contributed by atoms with Crippen LogP contribution in [0.1, 0.15) is 38.2 Å². The molecule has 0 saturated heterocycles. The van der Waals surface area contributed by atoms with Crippen molar-refractivity contribution in [2.45, 2.75) is 45.6 Å². The second kappa shape index (κ2) is 6.60. The third kappa shape index (κ3) is 4.27. The molecule has 0 aliphatic heterocycles. The number of hydrogen-bond donors (Lipinski definition) is 1. The maximum absolute atomic E-state index is 11.9. The Hall–Kier alpha value is -1.51. The second-order valence-electron chi connectivity index (χ2n) is 5.52. The Labute approximate surface area is 115 Å². The van der Waals surface area contributed by atoms with Crippen molar-refractivity contribution in [2.24, 2.45) is 5.92 Å². The van der Waals surface area contributed by atoms with E-state index in [0.29, 0.717) is 6.61 Å². The van der Waals surface area contributed by atoms with Crippen LogP contribution in [-0.2, 0) is 4.79 Å². The number of hydrogen-bond acceptors (Lipinski definition) is 2. The average Bonchev–Trinajstić information content (AvgIpc) is 2.92. The summed E-state index contributed by atoms with van der Waals surface area (Å²) in [5.74, 6) is 1.27. The molecule has 0 aromatic heterocycles. The van der Waals surface area contributed by atoms with Gasteiger partial charge >= 0.3 is 0 Å². The monoisotopic (exact) mass is 261 g/mol. The molecule has 1 amide bonds. The smallest absolute Gasteiger partial charge is 0.223 e. The minimum atomic E-state index is 0.0504. The van der Waals surface area contributed by atoms with Gasteiger partial charge < -0.3 is 10.1 Å². The number of carbonyl (C=O) groups is 1. The van der Waals surface area contributed by atoms with Crippen molar-refractivity contribution < 1.29 is 9.53 Å². The zero-order valence-corrected chi connectivity index (χ0v) is 11.8. The van der Waals surface area contributed by atoms with Crippen LogP contribution < -0.4 is 10.1 Å². The maximum atomic E-state index is 11.9. The Kier molecular flexibility index (Phi) is 4.83. The summed E-state index contributed by atoms with van der Waals surface area (Å²) in [7, 11) is 0. The van der Waals surface area contributed by atoms with Crippen LogP contribution in [-0.4, -0.2) is 18.6 Å². The predicted molar refractivity (Wildman–Crippen MR) is 76.2 cm³/mol. The van der Waals surface area contributed by atoms with Crippen molar-refractivity contribution in [3.8, 4) is 5.75 Å². The summed E-state index contributed by atoms with van der Waals surface area (Å²) in [6.07, 6.45) is 4.45. The van der Waals surface area contributed by atoms with E-state index in [1.54, 1.807) is 0 Å². The highest BCUT2D eigenvalue weighted by molar-refractivity contribution is 5.79. The lowest BCUT2D eigenvalue weighted by Gasteiger charge is -2.17. The van der Waals surface area contributed by atoms with Gasteiger partial charge in [0.05, 0.1) is 6.04 Å². The topological polar surface area (TPSA) is 38.3 Å². The van der Waals surface area contributed by atoms with E-state index in [0.717, 1.165) is 18.6 Å². The first-order chi connectivity index (χ1) is 9.15. The summed E-state index contributed by atoms with van der Waals surface area (Å²) in [6.45, 7) is 4.55. The van der Waals surface area contributed by atoms with E-state index in [9.17, 15) is 4.79 Å². The quantitative estimate of drug-likeness (QED) is 0.884. The molecule has 1 N–H and O–H groups in total. The van der Waals surface area contributed by atoms with Gasteiger partial charge in [0.2, 0.25) is 5.91 Å². The van der Waals surface area contributed by atoms with Gasteiger partial charge in [0.25, 0.3) is 0 Å². The molecule has 3 heteroatoms. The number of benzene rings is 1. The Morgan fingerprint density at radius 1 is 1.32 bits per heavy atom. The minimum Gasteiger partial charge on any atom is -0.491 e. The molecular formula is C16H23NO2. The first-order valence-electron chi connectivity index (χ1n) is 7.15. The fraction of sp³-hybridized carbons (Fsp3) is 0.562. The number of aryl methyl sites for hydroxylation is 1. The van der Waals surface area contributed by atoms with Crippen LogP contribution >= 0.6 is 0 Å². The van der Waals surface area contributed by atoms with E-state index in [-0.39, 0.29) is 17.9 Å². The van der Waals surface area contributed by atoms with Crippen LogP contribution in [0.2, 0.25) is 0 Å². The molecule has 0 radical (unpaired) electrons. The van der Waals surface area contributed by atoms with Crippen LogP contribution in [0.25, 0.3) is 0 Å². The van der Waals surface area contributed by atoms with E-state index in [1.807, 2.05) is 38.1 Å². The summed E-state index contributed by atoms with van der Waals surface area (Å²) in [6, 6.07) is 8.02. The molecule has 1 atom stereocenters. The van der Waals surface area contributed by atoms with Crippen molar-refractivity contribution >= 4 is 5.91 Å². The normalized spacial score (nSPS) is 17.2. The number of rotatable bonds is 5. The van der Waals surface area contributed by atoms with E-state index in [1.165, 1.54) is 18.4 Å². The molecule has 1 aromatic carbocycles. The Bertz CT molecular complexity index is 407. The lowest BCUT2D eigenvalue weighted by Crippen LogP contribution is -2.39. The summed E-state index contributed by atoms with van der Waals surface area (Å²) in [5, 5.41) is 3.04. The highest BCUT2D eigenvalue weighted by atomic mass is 16.5. The molecule has 1 aliphatic rings. The van der Waals surface area contributed by atoms with Crippen LogP contribution in [0.5, 0.6) is 5.75 Å². The van der Waals surface area contributed by atoms with Crippen molar-refractivity contribution in [3.63, 3.8) is 0 Å². The summed E-state index contributed by atoms with van der Waals surface area (Å²) in [4.78, 5) is 11.9. The van der Waals surface area contributed by atoms with Gasteiger partial charge in [-0.05, 0) is 38.8 Å². The Morgan fingerprint density at radius 2 is 1.95 bits per heavy atom. The van der Waals surface area contributed by atoms with Crippen LogP contribution in [0, 0.1) is 12.8 Å². The van der Waals surface area contributed by atoms with Gasteiger partial charge in [-0.2, -0.15) is 0 Å². The second-order valence-corrected chi connectivity index (χ2v) is 5.52. The third-order valence-electron chi connectivity index (χ3n) is 3.64. The molecular weight excluding hydrogens is 238 g/mol. The molecule has 1 aliphatic carbocycles. The lowest BCUT2D eigenvalue weighted by atomic mass is 10.1. The molecule has 1 aromatic rings. The predicted octanol–water partition coefficient (Wildman–Crippen LogP) is 3.07. The number of ether oxygens (including phenoxy) is 1. The number of amides is 1. The van der Waals surface area contributed by atoms with Crippen LogP contribution in [0.4, 0.5) is 0 Å². The average molecular weight is 261 g/mol.